The summed E-state index contributed by atoms with van der Waals surface area (Å²) in [7, 11) is 3.41. The first-order valence-corrected chi connectivity index (χ1v) is 14.9. The quantitative estimate of drug-likeness (QED) is 0.325. The third kappa shape index (κ3) is 7.29. The van der Waals surface area contributed by atoms with Crippen molar-refractivity contribution in [1.82, 2.24) is 14.8 Å². The van der Waals surface area contributed by atoms with Crippen molar-refractivity contribution in [3.05, 3.63) is 68.1 Å². The van der Waals surface area contributed by atoms with Gasteiger partial charge >= 0.3 is 0 Å². The molecule has 1 fully saturated rings. The zero-order chi connectivity index (χ0) is 31.6. The molecule has 228 valence electrons. The molecule has 0 unspecified atom stereocenters. The highest BCUT2D eigenvalue weighted by Gasteiger charge is 2.23. The first-order valence-electron chi connectivity index (χ1n) is 14.1. The number of piperazine rings is 1. The molecule has 12 heteroatoms. The van der Waals surface area contributed by atoms with Crippen LogP contribution in [-0.2, 0) is 16.1 Å². The second-order valence-corrected chi connectivity index (χ2v) is 11.0. The van der Waals surface area contributed by atoms with Crippen LogP contribution in [0.15, 0.2) is 53.3 Å². The van der Waals surface area contributed by atoms with Gasteiger partial charge in [0.15, 0.2) is 5.57 Å². The Kier molecular flexibility index (Phi) is 10.8. The van der Waals surface area contributed by atoms with Crippen molar-refractivity contribution in [2.75, 3.05) is 68.5 Å². The molecular weight excluding hydrogens is 578 g/mol. The van der Waals surface area contributed by atoms with Gasteiger partial charge in [-0.1, -0.05) is 24.1 Å². The van der Waals surface area contributed by atoms with Crippen LogP contribution in [0.3, 0.4) is 0 Å². The first kappa shape index (κ1) is 31.9. The van der Waals surface area contributed by atoms with E-state index in [-0.39, 0.29) is 34.8 Å². The number of benzene rings is 2. The highest BCUT2D eigenvalue weighted by molar-refractivity contribution is 7.07. The fourth-order valence-corrected chi connectivity index (χ4v) is 5.93. The number of nitriles is 1. The van der Waals surface area contributed by atoms with E-state index in [0.29, 0.717) is 22.5 Å². The molecule has 3 aromatic rings. The Morgan fingerprint density at radius 3 is 2.59 bits per heavy atom. The van der Waals surface area contributed by atoms with Gasteiger partial charge in [0, 0.05) is 57.3 Å². The van der Waals surface area contributed by atoms with Crippen LogP contribution in [-0.4, -0.2) is 74.7 Å². The number of amides is 2. The topological polar surface area (TPSA) is 123 Å². The van der Waals surface area contributed by atoms with Crippen LogP contribution in [0.2, 0.25) is 0 Å². The van der Waals surface area contributed by atoms with Gasteiger partial charge in [-0.3, -0.25) is 23.9 Å². The number of methoxy groups -OCH3 is 1. The average molecular weight is 614 g/mol. The Bertz CT molecular complexity index is 1770. The summed E-state index contributed by atoms with van der Waals surface area (Å²) in [6.07, 6.45) is 6.74. The maximum Gasteiger partial charge on any atom is 0.270 e. The molecule has 0 aliphatic carbocycles. The third-order valence-electron chi connectivity index (χ3n) is 7.26. The van der Waals surface area contributed by atoms with E-state index < -0.39 is 5.91 Å². The lowest BCUT2D eigenvalue weighted by Gasteiger charge is -2.36. The maximum absolute atomic E-state index is 13.2. The minimum absolute atomic E-state index is 0.0277. The SMILES string of the molecule is C#CCNC(=O)C(C#N)=c1sc(=CNc2cccc(N(C)C(=O)CN3CCN(c4ccccc4OC)CC3)c2)c(=O)n1CC. The number of carbonyl (C=O) groups is 2. The fraction of sp³-hybridized carbons (Fsp3) is 0.312. The van der Waals surface area contributed by atoms with Crippen molar-refractivity contribution in [1.29, 1.82) is 5.26 Å². The lowest BCUT2D eigenvalue weighted by Crippen LogP contribution is -2.49. The molecule has 2 N–H and O–H groups in total. The number of anilines is 3. The second kappa shape index (κ2) is 14.9. The predicted octanol–water partition coefficient (Wildman–Crippen LogP) is 0.997. The van der Waals surface area contributed by atoms with E-state index in [2.05, 4.69) is 26.4 Å². The Hall–Kier alpha value is -5.04. The third-order valence-corrected chi connectivity index (χ3v) is 8.39. The van der Waals surface area contributed by atoms with E-state index in [1.807, 2.05) is 54.6 Å². The zero-order valence-electron chi connectivity index (χ0n) is 25.0. The smallest absolute Gasteiger partial charge is 0.270 e. The lowest BCUT2D eigenvalue weighted by atomic mass is 10.2. The molecule has 0 radical (unpaired) electrons. The standard InChI is InChI=1S/C32H35N7O4S/c1-5-14-34-30(41)25(20-33)32-39(6-2)31(42)28(44-32)21-35-23-10-9-11-24(19-23)36(3)29(40)22-37-15-17-38(18-16-37)26-12-7-8-13-27(26)43-4/h1,7-13,19,21,35H,6,14-18,22H2,2-4H3,(H,34,41). The number of carbonyl (C=O) groups excluding carboxylic acids is 2. The number of nitrogens with zero attached hydrogens (tertiary/aromatic N) is 5. The van der Waals surface area contributed by atoms with E-state index in [1.54, 1.807) is 32.2 Å². The molecule has 0 bridgehead atoms. The molecule has 0 atom stereocenters. The molecule has 44 heavy (non-hydrogen) atoms. The van der Waals surface area contributed by atoms with Gasteiger partial charge < -0.3 is 25.2 Å². The van der Waals surface area contributed by atoms with E-state index in [1.165, 1.54) is 4.57 Å². The number of hydrogen-bond donors (Lipinski definition) is 2. The van der Waals surface area contributed by atoms with Crippen LogP contribution in [0.4, 0.5) is 17.1 Å². The zero-order valence-corrected chi connectivity index (χ0v) is 25.8. The summed E-state index contributed by atoms with van der Waals surface area (Å²) in [5.74, 6) is 2.47. The molecule has 0 saturated carbocycles. The van der Waals surface area contributed by atoms with E-state index in [4.69, 9.17) is 11.2 Å². The summed E-state index contributed by atoms with van der Waals surface area (Å²) in [6.45, 7) is 5.40. The fourth-order valence-electron chi connectivity index (χ4n) is 4.84. The van der Waals surface area contributed by atoms with Gasteiger partial charge in [0.1, 0.15) is 21.0 Å². The summed E-state index contributed by atoms with van der Waals surface area (Å²) in [5.41, 5.74) is 1.92. The van der Waals surface area contributed by atoms with Gasteiger partial charge in [0.05, 0.1) is 25.9 Å². The van der Waals surface area contributed by atoms with Crippen molar-refractivity contribution in [2.24, 2.45) is 0 Å². The predicted molar refractivity (Wildman–Crippen MR) is 174 cm³/mol. The monoisotopic (exact) mass is 613 g/mol. The van der Waals surface area contributed by atoms with Crippen molar-refractivity contribution < 1.29 is 14.3 Å². The summed E-state index contributed by atoms with van der Waals surface area (Å²) in [4.78, 5) is 44.7. The first-order chi connectivity index (χ1) is 21.3. The normalized spacial score (nSPS) is 14.3. The van der Waals surface area contributed by atoms with Gasteiger partial charge in [-0.05, 0) is 37.3 Å². The van der Waals surface area contributed by atoms with Crippen LogP contribution in [0.1, 0.15) is 6.92 Å². The highest BCUT2D eigenvalue weighted by atomic mass is 32.1. The summed E-state index contributed by atoms with van der Waals surface area (Å²) < 4.78 is 7.46. The van der Waals surface area contributed by atoms with Gasteiger partial charge in [-0.2, -0.15) is 5.26 Å². The lowest BCUT2D eigenvalue weighted by molar-refractivity contribution is -0.119. The van der Waals surface area contributed by atoms with Gasteiger partial charge in [-0.25, -0.2) is 0 Å². The van der Waals surface area contributed by atoms with Crippen LogP contribution >= 0.6 is 11.3 Å². The number of terminal acetylenes is 1. The number of para-hydroxylation sites is 2. The Morgan fingerprint density at radius 1 is 1.16 bits per heavy atom. The van der Waals surface area contributed by atoms with E-state index >= 15 is 0 Å². The van der Waals surface area contributed by atoms with E-state index in [9.17, 15) is 19.6 Å². The molecule has 1 aliphatic rings. The molecule has 1 aliphatic heterocycles. The number of hydrogen-bond acceptors (Lipinski definition) is 9. The summed E-state index contributed by atoms with van der Waals surface area (Å²) in [6, 6.07) is 17.1. The van der Waals surface area contributed by atoms with Crippen molar-refractivity contribution in [2.45, 2.75) is 13.5 Å². The number of aromatic nitrogens is 1. The molecule has 0 spiro atoms. The van der Waals surface area contributed by atoms with Crippen molar-refractivity contribution >= 4 is 52.0 Å². The molecule has 2 aromatic carbocycles. The van der Waals surface area contributed by atoms with Crippen LogP contribution in [0, 0.1) is 23.7 Å². The Balaban J connectivity index is 1.44. The molecule has 11 nitrogen and oxygen atoms in total. The number of nitrogens with one attached hydrogen (secondary N) is 2. The van der Waals surface area contributed by atoms with Crippen molar-refractivity contribution in [3.63, 3.8) is 0 Å². The molecule has 2 heterocycles. The van der Waals surface area contributed by atoms with Gasteiger partial charge in [-0.15, -0.1) is 17.8 Å². The average Bonchev–Trinajstić information content (AvgIpc) is 3.37. The summed E-state index contributed by atoms with van der Waals surface area (Å²) in [5, 5.41) is 15.2. The highest BCUT2D eigenvalue weighted by Crippen LogP contribution is 2.28. The van der Waals surface area contributed by atoms with Crippen LogP contribution < -0.4 is 39.9 Å². The Morgan fingerprint density at radius 2 is 1.91 bits per heavy atom. The maximum atomic E-state index is 13.2. The van der Waals surface area contributed by atoms with Gasteiger partial charge in [0.25, 0.3) is 11.5 Å². The van der Waals surface area contributed by atoms with Crippen LogP contribution in [0.25, 0.3) is 11.8 Å². The molecule has 1 saturated heterocycles. The van der Waals surface area contributed by atoms with E-state index in [0.717, 1.165) is 49.0 Å². The minimum atomic E-state index is -0.632. The number of thiazole rings is 1. The second-order valence-electron chi connectivity index (χ2n) is 9.92. The number of ether oxygens (including phenoxy) is 1. The molecule has 1 aromatic heterocycles. The molecular formula is C32H35N7O4S. The molecule has 4 rings (SSSR count). The van der Waals surface area contributed by atoms with Crippen LogP contribution in [0.5, 0.6) is 5.75 Å². The number of likely N-dealkylation sites (N-methyl/N-ethyl adjacent to an activating group) is 1. The molecule has 2 amide bonds. The largest absolute Gasteiger partial charge is 0.495 e. The van der Waals surface area contributed by atoms with Gasteiger partial charge in [0.2, 0.25) is 5.91 Å². The Labute approximate surface area is 260 Å². The minimum Gasteiger partial charge on any atom is -0.495 e. The summed E-state index contributed by atoms with van der Waals surface area (Å²) >= 11 is 1.04. The van der Waals surface area contributed by atoms with Crippen molar-refractivity contribution in [3.8, 4) is 24.2 Å². The number of rotatable bonds is 10.